The molecular formula is C15H23N3OS. The standard InChI is InChI=1S/C15H23N3OS/c1-4-7-8-9-19-13-12-10-11(5-2)20-14(12)18-15(17-13)16-6-3/h10H,4-9H2,1-3H3,(H,16,17,18). The van der Waals surface area contributed by atoms with E-state index in [2.05, 4.69) is 35.2 Å². The average Bonchev–Trinajstić information content (AvgIpc) is 2.87. The van der Waals surface area contributed by atoms with E-state index in [1.165, 1.54) is 17.7 Å². The van der Waals surface area contributed by atoms with Crippen molar-refractivity contribution in [1.82, 2.24) is 9.97 Å². The van der Waals surface area contributed by atoms with Gasteiger partial charge in [0.2, 0.25) is 11.8 Å². The lowest BCUT2D eigenvalue weighted by molar-refractivity contribution is 0.299. The minimum Gasteiger partial charge on any atom is -0.477 e. The number of anilines is 1. The maximum absolute atomic E-state index is 5.88. The molecule has 0 unspecified atom stereocenters. The largest absolute Gasteiger partial charge is 0.477 e. The Bertz CT molecular complexity index is 553. The summed E-state index contributed by atoms with van der Waals surface area (Å²) in [7, 11) is 0. The van der Waals surface area contributed by atoms with E-state index in [4.69, 9.17) is 4.74 Å². The van der Waals surface area contributed by atoms with Gasteiger partial charge in [-0.05, 0) is 25.8 Å². The van der Waals surface area contributed by atoms with Crippen molar-refractivity contribution < 1.29 is 4.74 Å². The summed E-state index contributed by atoms with van der Waals surface area (Å²) < 4.78 is 5.88. The Labute approximate surface area is 124 Å². The van der Waals surface area contributed by atoms with Crippen LogP contribution in [0, 0.1) is 0 Å². The van der Waals surface area contributed by atoms with E-state index in [0.717, 1.165) is 42.1 Å². The number of aryl methyl sites for hydroxylation is 1. The molecule has 2 heterocycles. The van der Waals surface area contributed by atoms with Gasteiger partial charge in [-0.15, -0.1) is 11.3 Å². The molecule has 0 aliphatic heterocycles. The van der Waals surface area contributed by atoms with Gasteiger partial charge in [-0.1, -0.05) is 26.7 Å². The summed E-state index contributed by atoms with van der Waals surface area (Å²) in [5.74, 6) is 1.38. The molecule has 2 aromatic heterocycles. The molecule has 2 rings (SSSR count). The van der Waals surface area contributed by atoms with Gasteiger partial charge in [-0.2, -0.15) is 4.98 Å². The molecule has 0 fully saturated rings. The molecule has 0 saturated carbocycles. The van der Waals surface area contributed by atoms with Crippen LogP contribution in [0.2, 0.25) is 0 Å². The highest BCUT2D eigenvalue weighted by Crippen LogP contribution is 2.31. The number of nitrogens with zero attached hydrogens (tertiary/aromatic N) is 2. The molecule has 2 aromatic rings. The monoisotopic (exact) mass is 293 g/mol. The van der Waals surface area contributed by atoms with Crippen LogP contribution in [-0.4, -0.2) is 23.1 Å². The van der Waals surface area contributed by atoms with Crippen LogP contribution in [0.25, 0.3) is 10.2 Å². The average molecular weight is 293 g/mol. The fourth-order valence-electron chi connectivity index (χ4n) is 1.99. The van der Waals surface area contributed by atoms with Crippen LogP contribution in [0.5, 0.6) is 5.88 Å². The van der Waals surface area contributed by atoms with E-state index in [1.54, 1.807) is 11.3 Å². The van der Waals surface area contributed by atoms with E-state index in [1.807, 2.05) is 6.92 Å². The van der Waals surface area contributed by atoms with Crippen LogP contribution in [0.3, 0.4) is 0 Å². The highest BCUT2D eigenvalue weighted by molar-refractivity contribution is 7.18. The molecule has 0 aliphatic carbocycles. The molecule has 0 aromatic carbocycles. The van der Waals surface area contributed by atoms with Crippen molar-refractivity contribution in [1.29, 1.82) is 0 Å². The second-order valence-corrected chi connectivity index (χ2v) is 5.84. The Morgan fingerprint density at radius 2 is 2.05 bits per heavy atom. The Kier molecular flexibility index (Phi) is 5.59. The van der Waals surface area contributed by atoms with Crippen molar-refractivity contribution in [2.24, 2.45) is 0 Å². The van der Waals surface area contributed by atoms with Gasteiger partial charge in [-0.25, -0.2) is 4.98 Å². The highest BCUT2D eigenvalue weighted by Gasteiger charge is 2.12. The van der Waals surface area contributed by atoms with Gasteiger partial charge in [0.1, 0.15) is 4.83 Å². The molecule has 5 heteroatoms. The van der Waals surface area contributed by atoms with Crippen LogP contribution in [-0.2, 0) is 6.42 Å². The number of unbranched alkanes of at least 4 members (excludes halogenated alkanes) is 2. The first-order valence-corrected chi connectivity index (χ1v) is 8.27. The zero-order valence-electron chi connectivity index (χ0n) is 12.5. The molecule has 0 radical (unpaired) electrons. The van der Waals surface area contributed by atoms with Crippen molar-refractivity contribution in [3.63, 3.8) is 0 Å². The predicted molar refractivity (Wildman–Crippen MR) is 86.0 cm³/mol. The number of rotatable bonds is 8. The molecule has 0 bridgehead atoms. The van der Waals surface area contributed by atoms with E-state index in [0.29, 0.717) is 5.95 Å². The first kappa shape index (κ1) is 15.0. The fraction of sp³-hybridized carbons (Fsp3) is 0.600. The molecule has 20 heavy (non-hydrogen) atoms. The topological polar surface area (TPSA) is 47.0 Å². The molecule has 0 atom stereocenters. The normalized spacial score (nSPS) is 10.9. The lowest BCUT2D eigenvalue weighted by Gasteiger charge is -2.08. The maximum Gasteiger partial charge on any atom is 0.227 e. The van der Waals surface area contributed by atoms with Gasteiger partial charge in [0.15, 0.2) is 0 Å². The lowest BCUT2D eigenvalue weighted by Crippen LogP contribution is -2.05. The van der Waals surface area contributed by atoms with Crippen LogP contribution >= 0.6 is 11.3 Å². The summed E-state index contributed by atoms with van der Waals surface area (Å²) in [6.07, 6.45) is 4.48. The third-order valence-electron chi connectivity index (χ3n) is 3.08. The maximum atomic E-state index is 5.88. The third kappa shape index (κ3) is 3.60. The highest BCUT2D eigenvalue weighted by atomic mass is 32.1. The molecule has 4 nitrogen and oxygen atoms in total. The van der Waals surface area contributed by atoms with Crippen LogP contribution < -0.4 is 10.1 Å². The third-order valence-corrected chi connectivity index (χ3v) is 4.25. The smallest absolute Gasteiger partial charge is 0.227 e. The number of ether oxygens (including phenoxy) is 1. The van der Waals surface area contributed by atoms with Gasteiger partial charge in [0.25, 0.3) is 0 Å². The lowest BCUT2D eigenvalue weighted by atomic mass is 10.3. The summed E-state index contributed by atoms with van der Waals surface area (Å²) in [4.78, 5) is 11.4. The number of hydrogen-bond acceptors (Lipinski definition) is 5. The zero-order chi connectivity index (χ0) is 14.4. The number of thiophene rings is 1. The Balaban J connectivity index is 2.25. The first-order chi connectivity index (χ1) is 9.78. The second-order valence-electron chi connectivity index (χ2n) is 4.72. The van der Waals surface area contributed by atoms with Crippen LogP contribution in [0.4, 0.5) is 5.95 Å². The number of hydrogen-bond donors (Lipinski definition) is 1. The molecule has 0 amide bonds. The SMILES string of the molecule is CCCCCOc1nc(NCC)nc2sc(CC)cc12. The minimum atomic E-state index is 0.662. The Hall–Kier alpha value is -1.36. The quantitative estimate of drug-likeness (QED) is 0.739. The van der Waals surface area contributed by atoms with Crippen LogP contribution in [0.15, 0.2) is 6.07 Å². The van der Waals surface area contributed by atoms with E-state index < -0.39 is 0 Å². The van der Waals surface area contributed by atoms with E-state index in [9.17, 15) is 0 Å². The van der Waals surface area contributed by atoms with Crippen molar-refractivity contribution in [3.8, 4) is 5.88 Å². The zero-order valence-corrected chi connectivity index (χ0v) is 13.3. The second kappa shape index (κ2) is 7.43. The van der Waals surface area contributed by atoms with Crippen molar-refractivity contribution >= 4 is 27.5 Å². The van der Waals surface area contributed by atoms with Gasteiger partial charge < -0.3 is 10.1 Å². The summed E-state index contributed by atoms with van der Waals surface area (Å²) >= 11 is 1.72. The van der Waals surface area contributed by atoms with Gasteiger partial charge in [0.05, 0.1) is 12.0 Å². The van der Waals surface area contributed by atoms with E-state index in [-0.39, 0.29) is 0 Å². The van der Waals surface area contributed by atoms with Crippen molar-refractivity contribution in [3.05, 3.63) is 10.9 Å². The molecule has 0 aliphatic rings. The molecule has 0 saturated heterocycles. The number of fused-ring (bicyclic) bond motifs is 1. The van der Waals surface area contributed by atoms with Crippen molar-refractivity contribution in [2.45, 2.75) is 46.5 Å². The van der Waals surface area contributed by atoms with Crippen molar-refractivity contribution in [2.75, 3.05) is 18.5 Å². The molecular weight excluding hydrogens is 270 g/mol. The van der Waals surface area contributed by atoms with Gasteiger partial charge in [0, 0.05) is 11.4 Å². The summed E-state index contributed by atoms with van der Waals surface area (Å²) in [6.45, 7) is 7.93. The first-order valence-electron chi connectivity index (χ1n) is 7.45. The molecule has 110 valence electrons. The fourth-order valence-corrected chi connectivity index (χ4v) is 2.95. The van der Waals surface area contributed by atoms with E-state index >= 15 is 0 Å². The minimum absolute atomic E-state index is 0.662. The molecule has 0 spiro atoms. The van der Waals surface area contributed by atoms with Gasteiger partial charge >= 0.3 is 0 Å². The summed E-state index contributed by atoms with van der Waals surface area (Å²) in [5, 5.41) is 4.22. The van der Waals surface area contributed by atoms with Gasteiger partial charge in [-0.3, -0.25) is 0 Å². The Morgan fingerprint density at radius 3 is 2.75 bits per heavy atom. The molecule has 1 N–H and O–H groups in total. The van der Waals surface area contributed by atoms with Crippen LogP contribution in [0.1, 0.15) is 44.9 Å². The Morgan fingerprint density at radius 1 is 1.20 bits per heavy atom. The predicted octanol–water partition coefficient (Wildman–Crippen LogP) is 4.25. The number of aromatic nitrogens is 2. The number of nitrogens with one attached hydrogen (secondary N) is 1. The summed E-state index contributed by atoms with van der Waals surface area (Å²) in [5.41, 5.74) is 0. The summed E-state index contributed by atoms with van der Waals surface area (Å²) in [6, 6.07) is 2.16.